The van der Waals surface area contributed by atoms with Crippen LogP contribution in [0.5, 0.6) is 0 Å². The molecule has 34 heavy (non-hydrogen) atoms. The van der Waals surface area contributed by atoms with E-state index >= 15 is 0 Å². The maximum absolute atomic E-state index is 13.8. The van der Waals surface area contributed by atoms with Gasteiger partial charge in [0.2, 0.25) is 0 Å². The van der Waals surface area contributed by atoms with Crippen molar-refractivity contribution >= 4 is 44.4 Å². The predicted molar refractivity (Wildman–Crippen MR) is 132 cm³/mol. The maximum atomic E-state index is 13.8. The Bertz CT molecular complexity index is 1380. The molecule has 0 unspecified atom stereocenters. The predicted octanol–water partition coefficient (Wildman–Crippen LogP) is 4.66. The Kier molecular flexibility index (Phi) is 5.05. The monoisotopic (exact) mass is 476 g/mol. The number of carbonyl (C=O) groups excluding carboxylic acids is 1. The van der Waals surface area contributed by atoms with Gasteiger partial charge in [-0.3, -0.25) is 4.79 Å². The van der Waals surface area contributed by atoms with E-state index in [-0.39, 0.29) is 11.3 Å². The van der Waals surface area contributed by atoms with Gasteiger partial charge < -0.3 is 14.3 Å². The highest BCUT2D eigenvalue weighted by Crippen LogP contribution is 2.41. The van der Waals surface area contributed by atoms with Gasteiger partial charge in [-0.15, -0.1) is 11.3 Å². The molecule has 0 N–H and O–H groups in total. The van der Waals surface area contributed by atoms with E-state index in [0.29, 0.717) is 30.3 Å². The van der Waals surface area contributed by atoms with E-state index in [2.05, 4.69) is 46.9 Å². The maximum Gasteiger partial charge on any atom is 0.259 e. The van der Waals surface area contributed by atoms with Crippen LogP contribution < -0.4 is 4.90 Å². The summed E-state index contributed by atoms with van der Waals surface area (Å²) in [6.07, 6.45) is 4.58. The van der Waals surface area contributed by atoms with Gasteiger partial charge in [0.1, 0.15) is 17.0 Å². The third-order valence-electron chi connectivity index (χ3n) is 6.57. The molecule has 0 aromatic carbocycles. The molecule has 1 aliphatic carbocycles. The van der Waals surface area contributed by atoms with Crippen molar-refractivity contribution in [3.63, 3.8) is 0 Å². The fraction of sp³-hybridized carbons (Fsp3) is 0.480. The molecule has 0 spiro atoms. The lowest BCUT2D eigenvalue weighted by Gasteiger charge is -2.35. The zero-order valence-corrected chi connectivity index (χ0v) is 20.6. The van der Waals surface area contributed by atoms with Crippen molar-refractivity contribution in [1.82, 2.24) is 25.0 Å². The Labute approximate surface area is 202 Å². The normalized spacial score (nSPS) is 17.1. The Morgan fingerprint density at radius 2 is 1.97 bits per heavy atom. The molecule has 9 heteroatoms. The molecule has 1 saturated heterocycles. The van der Waals surface area contributed by atoms with Gasteiger partial charge in [-0.2, -0.15) is 0 Å². The minimum absolute atomic E-state index is 0.0233. The Balaban J connectivity index is 1.29. The van der Waals surface area contributed by atoms with E-state index in [1.54, 1.807) is 17.7 Å². The Morgan fingerprint density at radius 3 is 2.71 bits per heavy atom. The number of pyridine rings is 1. The number of hydrogen-bond acceptors (Lipinski definition) is 8. The van der Waals surface area contributed by atoms with Crippen LogP contribution in [0.25, 0.3) is 21.3 Å². The summed E-state index contributed by atoms with van der Waals surface area (Å²) < 4.78 is 5.65. The molecule has 0 bridgehead atoms. The third-order valence-corrected chi connectivity index (χ3v) is 7.39. The van der Waals surface area contributed by atoms with Crippen LogP contribution in [0.4, 0.5) is 5.82 Å². The first kappa shape index (κ1) is 21.5. The lowest BCUT2D eigenvalue weighted by atomic mass is 9.89. The molecule has 1 saturated carbocycles. The molecular weight excluding hydrogens is 448 g/mol. The molecule has 5 heterocycles. The van der Waals surface area contributed by atoms with Gasteiger partial charge in [-0.25, -0.2) is 15.0 Å². The second-order valence-corrected chi connectivity index (χ2v) is 11.4. The van der Waals surface area contributed by atoms with Crippen molar-refractivity contribution in [3.8, 4) is 0 Å². The number of fused-ring (bicyclic) bond motifs is 2. The average Bonchev–Trinajstić information content (AvgIpc) is 3.43. The molecule has 4 aromatic rings. The van der Waals surface area contributed by atoms with Crippen molar-refractivity contribution in [2.75, 3.05) is 31.1 Å². The zero-order valence-electron chi connectivity index (χ0n) is 19.7. The van der Waals surface area contributed by atoms with Crippen LogP contribution in [-0.4, -0.2) is 57.1 Å². The molecule has 4 aromatic heterocycles. The van der Waals surface area contributed by atoms with Crippen molar-refractivity contribution in [3.05, 3.63) is 40.8 Å². The number of carbonyl (C=O) groups is 1. The quantitative estimate of drug-likeness (QED) is 0.423. The smallest absolute Gasteiger partial charge is 0.259 e. The van der Waals surface area contributed by atoms with E-state index in [9.17, 15) is 4.79 Å². The van der Waals surface area contributed by atoms with Gasteiger partial charge in [-0.1, -0.05) is 25.9 Å². The first-order valence-corrected chi connectivity index (χ1v) is 12.8. The first-order chi connectivity index (χ1) is 16.4. The van der Waals surface area contributed by atoms with Gasteiger partial charge in [-0.05, 0) is 42.2 Å². The molecule has 2 fully saturated rings. The highest BCUT2D eigenvalue weighted by atomic mass is 32.1. The molecule has 176 valence electrons. The lowest BCUT2D eigenvalue weighted by molar-refractivity contribution is 0.0748. The van der Waals surface area contributed by atoms with Crippen LogP contribution in [0.2, 0.25) is 0 Å². The van der Waals surface area contributed by atoms with Gasteiger partial charge in [0.25, 0.3) is 11.6 Å². The fourth-order valence-electron chi connectivity index (χ4n) is 4.73. The Hall–Kier alpha value is -3.07. The van der Waals surface area contributed by atoms with E-state index in [1.165, 1.54) is 0 Å². The molecule has 0 atom stereocenters. The molecule has 6 rings (SSSR count). The summed E-state index contributed by atoms with van der Waals surface area (Å²) in [4.78, 5) is 32.6. The largest absolute Gasteiger partial charge is 0.352 e. The third kappa shape index (κ3) is 3.91. The minimum Gasteiger partial charge on any atom is -0.352 e. The van der Waals surface area contributed by atoms with Crippen molar-refractivity contribution in [2.24, 2.45) is 5.41 Å². The zero-order chi connectivity index (χ0) is 23.4. The topological polar surface area (TPSA) is 88.3 Å². The van der Waals surface area contributed by atoms with Gasteiger partial charge in [0, 0.05) is 37.8 Å². The summed E-state index contributed by atoms with van der Waals surface area (Å²) in [5, 5.41) is 8.24. The van der Waals surface area contributed by atoms with Crippen LogP contribution in [0.1, 0.15) is 61.3 Å². The van der Waals surface area contributed by atoms with Crippen LogP contribution in [0, 0.1) is 5.41 Å². The van der Waals surface area contributed by atoms with E-state index in [0.717, 1.165) is 65.2 Å². The van der Waals surface area contributed by atoms with Gasteiger partial charge in [0.15, 0.2) is 0 Å². The lowest BCUT2D eigenvalue weighted by Crippen LogP contribution is -2.49. The van der Waals surface area contributed by atoms with Crippen LogP contribution in [-0.2, 0) is 6.42 Å². The highest BCUT2D eigenvalue weighted by Gasteiger charge is 2.32. The van der Waals surface area contributed by atoms with Crippen molar-refractivity contribution in [1.29, 1.82) is 0 Å². The molecule has 0 radical (unpaired) electrons. The number of aromatic nitrogens is 4. The average molecular weight is 477 g/mol. The van der Waals surface area contributed by atoms with Crippen LogP contribution in [0.3, 0.4) is 0 Å². The Morgan fingerprint density at radius 1 is 1.18 bits per heavy atom. The second-order valence-electron chi connectivity index (χ2n) is 10.5. The van der Waals surface area contributed by atoms with E-state index < -0.39 is 0 Å². The van der Waals surface area contributed by atoms with E-state index in [1.807, 2.05) is 16.3 Å². The van der Waals surface area contributed by atoms with Crippen molar-refractivity contribution < 1.29 is 9.32 Å². The van der Waals surface area contributed by atoms with Gasteiger partial charge in [0.05, 0.1) is 22.0 Å². The number of piperazine rings is 1. The second kappa shape index (κ2) is 8.01. The van der Waals surface area contributed by atoms with Crippen molar-refractivity contribution in [2.45, 2.75) is 46.0 Å². The summed E-state index contributed by atoms with van der Waals surface area (Å²) in [5.74, 6) is 1.41. The molecular formula is C25H28N6O2S. The van der Waals surface area contributed by atoms with Crippen LogP contribution >= 0.6 is 11.3 Å². The summed E-state index contributed by atoms with van der Waals surface area (Å²) in [5.41, 5.74) is 2.97. The number of nitrogens with zero attached hydrogens (tertiary/aromatic N) is 6. The molecule has 1 amide bonds. The molecule has 2 aliphatic rings. The van der Waals surface area contributed by atoms with E-state index in [4.69, 9.17) is 9.51 Å². The number of thiophene rings is 1. The number of rotatable bonds is 4. The summed E-state index contributed by atoms with van der Waals surface area (Å²) in [6, 6.07) is 4.07. The summed E-state index contributed by atoms with van der Waals surface area (Å²) in [7, 11) is 0. The number of hydrogen-bond donors (Lipinski definition) is 0. The SMILES string of the molecule is CC(C)(C)Cc1noc2nc(C3CC3)cc(C(=O)N3CCN(c4ncnc5sccc45)CC3)c12. The first-order valence-electron chi connectivity index (χ1n) is 11.9. The fourth-order valence-corrected chi connectivity index (χ4v) is 5.46. The number of anilines is 1. The van der Waals surface area contributed by atoms with Gasteiger partial charge >= 0.3 is 0 Å². The number of amides is 1. The standard InChI is InChI=1S/C25H28N6O2S/c1-25(2,3)13-19-20-17(12-18(15-4-5-15)28-22(20)33-29-19)24(32)31-9-7-30(8-10-31)21-16-6-11-34-23(16)27-14-26-21/h6,11-12,14-15H,4-5,7-10,13H2,1-3H3. The minimum atomic E-state index is 0.0233. The molecule has 1 aliphatic heterocycles. The molecule has 8 nitrogen and oxygen atoms in total. The highest BCUT2D eigenvalue weighted by molar-refractivity contribution is 7.16. The summed E-state index contributed by atoms with van der Waals surface area (Å²) >= 11 is 1.62. The van der Waals surface area contributed by atoms with Crippen LogP contribution in [0.15, 0.2) is 28.4 Å². The summed E-state index contributed by atoms with van der Waals surface area (Å²) in [6.45, 7) is 9.23.